The molecular formula is C16H16BrNO4. The van der Waals surface area contributed by atoms with Gasteiger partial charge in [0, 0.05) is 11.6 Å². The molecule has 0 unspecified atom stereocenters. The van der Waals surface area contributed by atoms with Crippen LogP contribution in [0.1, 0.15) is 47.7 Å². The van der Waals surface area contributed by atoms with Crippen molar-refractivity contribution in [3.05, 3.63) is 33.9 Å². The molecule has 1 fully saturated rings. The van der Waals surface area contributed by atoms with Gasteiger partial charge in [-0.3, -0.25) is 0 Å². The number of nitrogens with zero attached hydrogens (tertiary/aromatic N) is 1. The number of carbonyl (C=O) groups is 1. The molecule has 6 heteroatoms. The van der Waals surface area contributed by atoms with Crippen LogP contribution < -0.4 is 4.74 Å². The zero-order valence-corrected chi connectivity index (χ0v) is 13.7. The van der Waals surface area contributed by atoms with Crippen molar-refractivity contribution < 1.29 is 19.2 Å². The Morgan fingerprint density at radius 1 is 1.36 bits per heavy atom. The molecule has 0 atom stereocenters. The first-order chi connectivity index (χ1) is 10.6. The Morgan fingerprint density at radius 3 is 2.68 bits per heavy atom. The molecule has 1 aliphatic carbocycles. The van der Waals surface area contributed by atoms with E-state index in [1.54, 1.807) is 7.11 Å². The maximum absolute atomic E-state index is 10.9. The second-order valence-electron chi connectivity index (χ2n) is 5.44. The van der Waals surface area contributed by atoms with Crippen molar-refractivity contribution in [3.63, 3.8) is 0 Å². The lowest BCUT2D eigenvalue weighted by atomic mass is 9.94. The number of aromatic carboxylic acids is 1. The van der Waals surface area contributed by atoms with E-state index in [9.17, 15) is 4.79 Å². The highest BCUT2D eigenvalue weighted by Gasteiger charge is 2.24. The Balaban J connectivity index is 2.06. The summed E-state index contributed by atoms with van der Waals surface area (Å²) >= 11 is 3.53. The van der Waals surface area contributed by atoms with E-state index in [0.717, 1.165) is 34.2 Å². The molecule has 0 bridgehead atoms. The largest absolute Gasteiger partial charge is 0.495 e. The molecule has 116 valence electrons. The molecule has 1 aromatic heterocycles. The van der Waals surface area contributed by atoms with Crippen LogP contribution in [0.2, 0.25) is 0 Å². The number of benzene rings is 1. The summed E-state index contributed by atoms with van der Waals surface area (Å²) in [5, 5.41) is 12.5. The van der Waals surface area contributed by atoms with Gasteiger partial charge >= 0.3 is 5.97 Å². The van der Waals surface area contributed by atoms with Crippen molar-refractivity contribution in [3.8, 4) is 17.1 Å². The Labute approximate surface area is 136 Å². The number of carboxylic acid groups (broad SMARTS) is 1. The molecular weight excluding hydrogens is 350 g/mol. The highest BCUT2D eigenvalue weighted by molar-refractivity contribution is 9.10. The molecule has 1 heterocycles. The van der Waals surface area contributed by atoms with E-state index in [-0.39, 0.29) is 5.69 Å². The van der Waals surface area contributed by atoms with Crippen molar-refractivity contribution in [2.24, 2.45) is 0 Å². The minimum Gasteiger partial charge on any atom is -0.495 e. The molecule has 3 rings (SSSR count). The first kappa shape index (κ1) is 15.1. The van der Waals surface area contributed by atoms with Crippen LogP contribution in [0.4, 0.5) is 0 Å². The van der Waals surface area contributed by atoms with Crippen molar-refractivity contribution in [1.29, 1.82) is 0 Å². The van der Waals surface area contributed by atoms with Crippen LogP contribution in [-0.4, -0.2) is 23.3 Å². The molecule has 1 N–H and O–H groups in total. The lowest BCUT2D eigenvalue weighted by Crippen LogP contribution is -1.99. The third-order valence-electron chi connectivity index (χ3n) is 4.09. The normalized spacial score (nSPS) is 15.2. The summed E-state index contributed by atoms with van der Waals surface area (Å²) in [4.78, 5) is 10.9. The first-order valence-electron chi connectivity index (χ1n) is 7.18. The van der Waals surface area contributed by atoms with Gasteiger partial charge in [0.2, 0.25) is 0 Å². The van der Waals surface area contributed by atoms with Gasteiger partial charge in [0.25, 0.3) is 0 Å². The van der Waals surface area contributed by atoms with Gasteiger partial charge in [-0.25, -0.2) is 4.79 Å². The van der Waals surface area contributed by atoms with Gasteiger partial charge in [0.1, 0.15) is 5.75 Å². The highest BCUT2D eigenvalue weighted by atomic mass is 79.9. The minimum atomic E-state index is -1.10. The maximum Gasteiger partial charge on any atom is 0.358 e. The summed E-state index contributed by atoms with van der Waals surface area (Å²) in [5.74, 6) is 0.653. The number of hydrogen-bond acceptors (Lipinski definition) is 4. The monoisotopic (exact) mass is 365 g/mol. The number of ether oxygens (including phenoxy) is 1. The van der Waals surface area contributed by atoms with Crippen molar-refractivity contribution in [2.45, 2.75) is 31.6 Å². The summed E-state index contributed by atoms with van der Waals surface area (Å²) in [7, 11) is 1.66. The Hall–Kier alpha value is -1.82. The van der Waals surface area contributed by atoms with Crippen LogP contribution in [-0.2, 0) is 0 Å². The Morgan fingerprint density at radius 2 is 2.09 bits per heavy atom. The summed E-state index contributed by atoms with van der Waals surface area (Å²) < 4.78 is 11.5. The third kappa shape index (κ3) is 2.75. The van der Waals surface area contributed by atoms with Crippen LogP contribution in [0.5, 0.6) is 5.75 Å². The quantitative estimate of drug-likeness (QED) is 0.865. The van der Waals surface area contributed by atoms with Crippen LogP contribution in [0, 0.1) is 0 Å². The summed E-state index contributed by atoms with van der Waals surface area (Å²) in [5.41, 5.74) is 1.84. The average molecular weight is 366 g/mol. The predicted octanol–water partition coefficient (Wildman–Crippen LogP) is 4.47. The molecule has 0 amide bonds. The van der Waals surface area contributed by atoms with Crippen LogP contribution >= 0.6 is 15.9 Å². The van der Waals surface area contributed by atoms with Gasteiger partial charge in [-0.05, 0) is 52.4 Å². The summed E-state index contributed by atoms with van der Waals surface area (Å²) in [6, 6.07) is 5.32. The maximum atomic E-state index is 10.9. The van der Waals surface area contributed by atoms with Gasteiger partial charge in [-0.2, -0.15) is 0 Å². The zero-order chi connectivity index (χ0) is 15.7. The fourth-order valence-electron chi connectivity index (χ4n) is 3.02. The van der Waals surface area contributed by atoms with Crippen molar-refractivity contribution in [1.82, 2.24) is 5.16 Å². The van der Waals surface area contributed by atoms with Crippen LogP contribution in [0.15, 0.2) is 27.2 Å². The number of halogens is 1. The number of hydrogen-bond donors (Lipinski definition) is 1. The molecule has 0 saturated heterocycles. The number of methoxy groups -OCH3 is 1. The van der Waals surface area contributed by atoms with E-state index >= 15 is 0 Å². The molecule has 22 heavy (non-hydrogen) atoms. The second-order valence-corrected chi connectivity index (χ2v) is 6.30. The van der Waals surface area contributed by atoms with Gasteiger partial charge in [-0.1, -0.05) is 18.0 Å². The van der Waals surface area contributed by atoms with Gasteiger partial charge in [0.15, 0.2) is 11.5 Å². The first-order valence-corrected chi connectivity index (χ1v) is 7.97. The van der Waals surface area contributed by atoms with Crippen LogP contribution in [0.3, 0.4) is 0 Å². The van der Waals surface area contributed by atoms with E-state index < -0.39 is 5.97 Å². The molecule has 1 aliphatic rings. The smallest absolute Gasteiger partial charge is 0.358 e. The molecule has 1 saturated carbocycles. The lowest BCUT2D eigenvalue weighted by Gasteiger charge is -2.17. The van der Waals surface area contributed by atoms with Crippen LogP contribution in [0.25, 0.3) is 11.3 Å². The lowest BCUT2D eigenvalue weighted by molar-refractivity contribution is 0.0686. The predicted molar refractivity (Wildman–Crippen MR) is 84.4 cm³/mol. The average Bonchev–Trinajstić information content (AvgIpc) is 3.18. The molecule has 0 spiro atoms. The Kier molecular flexibility index (Phi) is 4.20. The van der Waals surface area contributed by atoms with E-state index in [4.69, 9.17) is 14.4 Å². The third-order valence-corrected chi connectivity index (χ3v) is 4.67. The standard InChI is InChI=1S/C16H16BrNO4/c1-21-15-11(9-4-2-3-5-9)6-10(7-12(15)17)14-8-13(16(19)20)18-22-14/h6-9H,2-5H2,1H3,(H,19,20). The highest BCUT2D eigenvalue weighted by Crippen LogP contribution is 2.44. The molecule has 5 nitrogen and oxygen atoms in total. The van der Waals surface area contributed by atoms with E-state index in [1.807, 2.05) is 12.1 Å². The molecule has 1 aromatic carbocycles. The fourth-order valence-corrected chi connectivity index (χ4v) is 3.66. The van der Waals surface area contributed by atoms with Gasteiger partial charge in [-0.15, -0.1) is 0 Å². The Bertz CT molecular complexity index is 704. The molecule has 0 aliphatic heterocycles. The van der Waals surface area contributed by atoms with Gasteiger partial charge in [0.05, 0.1) is 11.6 Å². The van der Waals surface area contributed by atoms with E-state index in [0.29, 0.717) is 11.7 Å². The molecule has 2 aromatic rings. The minimum absolute atomic E-state index is 0.0932. The van der Waals surface area contributed by atoms with Crippen molar-refractivity contribution in [2.75, 3.05) is 7.11 Å². The van der Waals surface area contributed by atoms with Gasteiger partial charge < -0.3 is 14.4 Å². The fraction of sp³-hybridized carbons (Fsp3) is 0.375. The number of aromatic nitrogens is 1. The SMILES string of the molecule is COc1c(Br)cc(-c2cc(C(=O)O)no2)cc1C1CCCC1. The topological polar surface area (TPSA) is 72.6 Å². The summed E-state index contributed by atoms with van der Waals surface area (Å²) in [6.07, 6.45) is 4.73. The molecule has 0 radical (unpaired) electrons. The zero-order valence-electron chi connectivity index (χ0n) is 12.1. The summed E-state index contributed by atoms with van der Waals surface area (Å²) in [6.45, 7) is 0. The second kappa shape index (κ2) is 6.12. The number of carboxylic acids is 1. The van der Waals surface area contributed by atoms with E-state index in [2.05, 4.69) is 21.1 Å². The number of rotatable bonds is 4. The van der Waals surface area contributed by atoms with E-state index in [1.165, 1.54) is 18.9 Å². The van der Waals surface area contributed by atoms with Crippen molar-refractivity contribution >= 4 is 21.9 Å².